The van der Waals surface area contributed by atoms with Gasteiger partial charge < -0.3 is 55.0 Å². The molecular formula is C32H49NNa2O11. The van der Waals surface area contributed by atoms with E-state index in [1.165, 1.54) is 0 Å². The third-order valence-electron chi connectivity index (χ3n) is 12.8. The summed E-state index contributed by atoms with van der Waals surface area (Å²) in [6.07, 6.45) is -1.41. The number of carboxylic acids is 2. The molecule has 1 saturated heterocycles. The summed E-state index contributed by atoms with van der Waals surface area (Å²) in [5.41, 5.74) is 0.0447. The number of aliphatic hydroxyl groups is 4. The van der Waals surface area contributed by atoms with Gasteiger partial charge in [-0.2, -0.15) is 0 Å². The fourth-order valence-corrected chi connectivity index (χ4v) is 10.4. The van der Waals surface area contributed by atoms with E-state index in [1.807, 2.05) is 0 Å². The van der Waals surface area contributed by atoms with Crippen LogP contribution in [-0.4, -0.2) is 87.7 Å². The fourth-order valence-electron chi connectivity index (χ4n) is 10.4. The Kier molecular flexibility index (Phi) is 14.1. The molecule has 1 heterocycles. The second kappa shape index (κ2) is 16.0. The van der Waals surface area contributed by atoms with Crippen LogP contribution < -0.4 is 74.6 Å². The van der Waals surface area contributed by atoms with Crippen molar-refractivity contribution in [3.8, 4) is 0 Å². The normalized spacial score (nSPS) is 45.5. The van der Waals surface area contributed by atoms with E-state index in [0.717, 1.165) is 32.1 Å². The number of carbonyl (C=O) groups is 3. The van der Waals surface area contributed by atoms with Gasteiger partial charge in [0.15, 0.2) is 6.29 Å². The average molecular weight is 670 g/mol. The first-order valence-corrected chi connectivity index (χ1v) is 16.4. The van der Waals surface area contributed by atoms with Crippen LogP contribution in [0.5, 0.6) is 0 Å². The Morgan fingerprint density at radius 2 is 1.57 bits per heavy atom. The van der Waals surface area contributed by atoms with E-state index >= 15 is 0 Å². The molecule has 0 bridgehead atoms. The zero-order chi connectivity index (χ0) is 32.1. The van der Waals surface area contributed by atoms with Crippen molar-refractivity contribution >= 4 is 17.8 Å². The van der Waals surface area contributed by atoms with E-state index in [1.54, 1.807) is 0 Å². The van der Waals surface area contributed by atoms with Crippen LogP contribution in [0.1, 0.15) is 85.0 Å². The van der Waals surface area contributed by atoms with E-state index in [-0.39, 0.29) is 100 Å². The van der Waals surface area contributed by atoms with Gasteiger partial charge >= 0.3 is 59.1 Å². The Balaban J connectivity index is 0.00000288. The molecule has 4 aliphatic carbocycles. The van der Waals surface area contributed by atoms with Gasteiger partial charge in [-0.25, -0.2) is 0 Å². The molecule has 250 valence electrons. The van der Waals surface area contributed by atoms with Crippen molar-refractivity contribution < 1.29 is 114 Å². The van der Waals surface area contributed by atoms with Crippen molar-refractivity contribution in [1.82, 2.24) is 5.32 Å². The van der Waals surface area contributed by atoms with Gasteiger partial charge in [0.1, 0.15) is 24.4 Å². The quantitative estimate of drug-likeness (QED) is 0.115. The second-order valence-corrected chi connectivity index (χ2v) is 14.9. The van der Waals surface area contributed by atoms with Crippen molar-refractivity contribution in [3.63, 3.8) is 0 Å². The maximum atomic E-state index is 12.1. The van der Waals surface area contributed by atoms with Crippen LogP contribution in [0.4, 0.5) is 0 Å². The van der Waals surface area contributed by atoms with Crippen molar-refractivity contribution in [3.05, 3.63) is 0 Å². The molecule has 0 aromatic carbocycles. The Bertz CT molecular complexity index is 1100. The van der Waals surface area contributed by atoms with Crippen molar-refractivity contribution in [2.75, 3.05) is 6.54 Å². The molecule has 0 aromatic heterocycles. The van der Waals surface area contributed by atoms with Gasteiger partial charge in [0.25, 0.3) is 0 Å². The molecule has 5 rings (SSSR count). The minimum atomic E-state index is -1.83. The molecule has 1 unspecified atom stereocenters. The number of ether oxygens (including phenoxy) is 2. The number of rotatable bonds is 9. The third kappa shape index (κ3) is 7.73. The van der Waals surface area contributed by atoms with Crippen LogP contribution >= 0.6 is 0 Å². The molecule has 5 fully saturated rings. The fraction of sp³-hybridized carbons (Fsp3) is 0.906. The molecular weight excluding hydrogens is 620 g/mol. The minimum absolute atomic E-state index is 0. The number of hydrogen-bond donors (Lipinski definition) is 5. The summed E-state index contributed by atoms with van der Waals surface area (Å²) in [6, 6.07) is 0. The van der Waals surface area contributed by atoms with Crippen LogP contribution in [0, 0.1) is 46.3 Å². The van der Waals surface area contributed by atoms with Crippen LogP contribution in [0.15, 0.2) is 0 Å². The Labute approximate surface area is 315 Å². The predicted octanol–water partition coefficient (Wildman–Crippen LogP) is -7.15. The van der Waals surface area contributed by atoms with Gasteiger partial charge in [-0.05, 0) is 104 Å². The van der Waals surface area contributed by atoms with Crippen LogP contribution in [0.25, 0.3) is 0 Å². The first-order valence-electron chi connectivity index (χ1n) is 16.4. The van der Waals surface area contributed by atoms with Gasteiger partial charge in [-0.15, -0.1) is 0 Å². The van der Waals surface area contributed by atoms with Crippen LogP contribution in [0.2, 0.25) is 0 Å². The number of aliphatic carboxylic acids is 2. The minimum Gasteiger partial charge on any atom is -0.548 e. The van der Waals surface area contributed by atoms with E-state index in [2.05, 4.69) is 26.1 Å². The summed E-state index contributed by atoms with van der Waals surface area (Å²) in [4.78, 5) is 34.2. The predicted molar refractivity (Wildman–Crippen MR) is 150 cm³/mol. The van der Waals surface area contributed by atoms with E-state index in [9.17, 15) is 45.0 Å². The Hall–Kier alpha value is 0.170. The molecule has 4 saturated carbocycles. The molecule has 0 spiro atoms. The van der Waals surface area contributed by atoms with Gasteiger partial charge in [0, 0.05) is 6.42 Å². The largest absolute Gasteiger partial charge is 1.00 e. The first-order chi connectivity index (χ1) is 20.7. The summed E-state index contributed by atoms with van der Waals surface area (Å²) in [7, 11) is 0. The molecule has 5 aliphatic rings. The van der Waals surface area contributed by atoms with Crippen LogP contribution in [-0.2, 0) is 23.9 Å². The van der Waals surface area contributed by atoms with E-state index in [0.29, 0.717) is 49.4 Å². The van der Waals surface area contributed by atoms with Gasteiger partial charge in [-0.3, -0.25) is 4.79 Å². The molecule has 14 heteroatoms. The molecule has 1 aliphatic heterocycles. The summed E-state index contributed by atoms with van der Waals surface area (Å²) in [6.45, 7) is 6.41. The van der Waals surface area contributed by atoms with E-state index < -0.39 is 55.3 Å². The standard InChI is InChI=1S/C32H51NO11.2Na/c1-15(4-7-22(35)33-14-23(36)37)18-5-6-19-24-20(9-11-32(18,19)3)31(2)10-8-17(12-16(31)13-21(24)34)43-30-27(40)25(38)26(39)28(44-30)29(41)42;;/h15-21,24-28,30,34,38-40H,4-14H2,1-3H3,(H,33,35)(H,36,37)(H,41,42);;/q;2*+1/p-2/t15-,16+,17-,18-,19+,20+,21+,24+,25?,26+,27-,28+,30-,31+,32-;;/m1../s1. The van der Waals surface area contributed by atoms with Gasteiger partial charge in [-0.1, -0.05) is 20.8 Å². The summed E-state index contributed by atoms with van der Waals surface area (Å²) >= 11 is 0. The smallest absolute Gasteiger partial charge is 0.548 e. The topological polar surface area (TPSA) is 209 Å². The number of fused-ring (bicyclic) bond motifs is 5. The SMILES string of the molecule is C[C@H](CCC(=O)NCC(=O)[O-])[C@H]1CC[C@H]2[C@@H]3[C@@H](O)C[C@@H]4C[C@H](O[C@@H]5O[C@H](C(=O)[O-])[C@@H](O)C(O)[C@H]5O)CC[C@]4(C)[C@H]3CC[C@]12C.[Na+].[Na+]. The molecule has 5 N–H and O–H groups in total. The van der Waals surface area contributed by atoms with Crippen molar-refractivity contribution in [2.45, 2.75) is 128 Å². The summed E-state index contributed by atoms with van der Waals surface area (Å²) in [5.74, 6) is -1.50. The maximum Gasteiger partial charge on any atom is 1.00 e. The molecule has 12 nitrogen and oxygen atoms in total. The van der Waals surface area contributed by atoms with Crippen LogP contribution in [0.3, 0.4) is 0 Å². The Morgan fingerprint density at radius 1 is 0.913 bits per heavy atom. The van der Waals surface area contributed by atoms with E-state index in [4.69, 9.17) is 9.47 Å². The molecule has 0 radical (unpaired) electrons. The molecule has 1 amide bonds. The number of nitrogens with one attached hydrogen (secondary N) is 1. The average Bonchev–Trinajstić information content (AvgIpc) is 3.32. The summed E-state index contributed by atoms with van der Waals surface area (Å²) < 4.78 is 11.3. The molecule has 0 aromatic rings. The zero-order valence-corrected chi connectivity index (χ0v) is 31.9. The number of aliphatic hydroxyl groups excluding tert-OH is 4. The number of hydrogen-bond acceptors (Lipinski definition) is 11. The van der Waals surface area contributed by atoms with Crippen molar-refractivity contribution in [1.29, 1.82) is 0 Å². The Morgan fingerprint density at radius 3 is 2.22 bits per heavy atom. The number of amides is 1. The number of carbonyl (C=O) groups excluding carboxylic acids is 3. The monoisotopic (exact) mass is 669 g/mol. The molecule has 15 atom stereocenters. The first kappa shape index (κ1) is 40.6. The maximum absolute atomic E-state index is 12.1. The van der Waals surface area contributed by atoms with Gasteiger partial charge in [0.2, 0.25) is 5.91 Å². The third-order valence-corrected chi connectivity index (χ3v) is 12.8. The molecule has 46 heavy (non-hydrogen) atoms. The number of carboxylic acid groups (broad SMARTS) is 2. The zero-order valence-electron chi connectivity index (χ0n) is 27.9. The van der Waals surface area contributed by atoms with Gasteiger partial charge in [0.05, 0.1) is 30.7 Å². The summed E-state index contributed by atoms with van der Waals surface area (Å²) in [5, 5.41) is 66.7. The second-order valence-electron chi connectivity index (χ2n) is 14.9. The van der Waals surface area contributed by atoms with Crippen molar-refractivity contribution in [2.24, 2.45) is 46.3 Å².